The van der Waals surface area contributed by atoms with Crippen molar-refractivity contribution in [2.75, 3.05) is 12.4 Å². The molecule has 0 aliphatic carbocycles. The standard InChI is InChI=1S/C25H26Cl2O7S/c1-4-35-24-21(32-23(29)15-7-11-17(27)12-8-15)20-19(33-25(2,3)34-20)18(31-24)13-30-22(28)14-5-9-16(26)10-6-14/h5-12,18-21,24H,4,13H2,1-3H3/t18-,19+,20+,21-,24+/m1/s1. The van der Waals surface area contributed by atoms with E-state index < -0.39 is 47.6 Å². The highest BCUT2D eigenvalue weighted by Crippen LogP contribution is 2.41. The van der Waals surface area contributed by atoms with Crippen molar-refractivity contribution >= 4 is 46.9 Å². The van der Waals surface area contributed by atoms with Crippen LogP contribution in [0.25, 0.3) is 0 Å². The molecule has 35 heavy (non-hydrogen) atoms. The molecule has 0 saturated carbocycles. The van der Waals surface area contributed by atoms with E-state index in [2.05, 4.69) is 0 Å². The number of hydrogen-bond donors (Lipinski definition) is 0. The molecule has 188 valence electrons. The summed E-state index contributed by atoms with van der Waals surface area (Å²) in [6.07, 6.45) is -2.58. The number of esters is 2. The highest BCUT2D eigenvalue weighted by Gasteiger charge is 2.57. The molecule has 7 nitrogen and oxygen atoms in total. The topological polar surface area (TPSA) is 80.3 Å². The zero-order valence-corrected chi connectivity index (χ0v) is 21.8. The van der Waals surface area contributed by atoms with Gasteiger partial charge in [0.15, 0.2) is 11.9 Å². The number of thioether (sulfide) groups is 1. The number of carbonyl (C=O) groups excluding carboxylic acids is 2. The van der Waals surface area contributed by atoms with Crippen LogP contribution in [0, 0.1) is 0 Å². The van der Waals surface area contributed by atoms with E-state index in [0.29, 0.717) is 26.9 Å². The lowest BCUT2D eigenvalue weighted by atomic mass is 10.00. The van der Waals surface area contributed by atoms with Crippen LogP contribution in [0.2, 0.25) is 10.0 Å². The van der Waals surface area contributed by atoms with Crippen molar-refractivity contribution in [3.05, 3.63) is 69.7 Å². The number of rotatable bonds is 7. The summed E-state index contributed by atoms with van der Waals surface area (Å²) in [5, 5.41) is 1.05. The first-order chi connectivity index (χ1) is 16.7. The van der Waals surface area contributed by atoms with E-state index in [4.69, 9.17) is 46.9 Å². The van der Waals surface area contributed by atoms with Gasteiger partial charge in [0, 0.05) is 10.0 Å². The molecule has 0 spiro atoms. The van der Waals surface area contributed by atoms with Crippen LogP contribution in [0.3, 0.4) is 0 Å². The van der Waals surface area contributed by atoms with E-state index in [0.717, 1.165) is 0 Å². The summed E-state index contributed by atoms with van der Waals surface area (Å²) in [5.41, 5.74) is 0.192. The zero-order valence-electron chi connectivity index (χ0n) is 19.4. The maximum absolute atomic E-state index is 12.9. The van der Waals surface area contributed by atoms with Gasteiger partial charge in [-0.2, -0.15) is 0 Å². The fraction of sp³-hybridized carbons (Fsp3) is 0.440. The van der Waals surface area contributed by atoms with E-state index in [1.165, 1.54) is 11.8 Å². The van der Waals surface area contributed by atoms with Crippen LogP contribution in [-0.2, 0) is 23.7 Å². The predicted molar refractivity (Wildman–Crippen MR) is 133 cm³/mol. The summed E-state index contributed by atoms with van der Waals surface area (Å²) < 4.78 is 30.0. The second-order valence-electron chi connectivity index (χ2n) is 8.55. The number of hydrogen-bond acceptors (Lipinski definition) is 8. The Morgan fingerprint density at radius 3 is 2.03 bits per heavy atom. The van der Waals surface area contributed by atoms with Crippen LogP contribution in [0.1, 0.15) is 41.5 Å². The Morgan fingerprint density at radius 1 is 0.914 bits per heavy atom. The van der Waals surface area contributed by atoms with Gasteiger partial charge in [-0.05, 0) is 68.1 Å². The van der Waals surface area contributed by atoms with E-state index in [1.54, 1.807) is 62.4 Å². The summed E-state index contributed by atoms with van der Waals surface area (Å²) in [5.74, 6) is -1.25. The van der Waals surface area contributed by atoms with E-state index in [1.807, 2.05) is 6.92 Å². The average Bonchev–Trinajstić information content (AvgIpc) is 3.15. The number of ether oxygens (including phenoxy) is 5. The highest BCUT2D eigenvalue weighted by molar-refractivity contribution is 7.99. The van der Waals surface area contributed by atoms with Gasteiger partial charge in [0.25, 0.3) is 0 Å². The van der Waals surface area contributed by atoms with Crippen molar-refractivity contribution in [3.8, 4) is 0 Å². The SMILES string of the molecule is CCS[C@@H]1O[C@H](COC(=O)c2ccc(Cl)cc2)[C@@H]2OC(C)(C)O[C@@H]2[C@H]1OC(=O)c1ccc(Cl)cc1. The molecular weight excluding hydrogens is 515 g/mol. The fourth-order valence-electron chi connectivity index (χ4n) is 4.00. The van der Waals surface area contributed by atoms with Crippen molar-refractivity contribution in [2.24, 2.45) is 0 Å². The van der Waals surface area contributed by atoms with Crippen LogP contribution in [-0.4, -0.2) is 59.9 Å². The summed E-state index contributed by atoms with van der Waals surface area (Å²) in [7, 11) is 0. The molecule has 4 rings (SSSR count). The van der Waals surface area contributed by atoms with E-state index in [9.17, 15) is 9.59 Å². The molecule has 0 unspecified atom stereocenters. The lowest BCUT2D eigenvalue weighted by molar-refractivity contribution is -0.170. The monoisotopic (exact) mass is 540 g/mol. The first kappa shape index (κ1) is 26.3. The third kappa shape index (κ3) is 6.31. The molecule has 0 N–H and O–H groups in total. The van der Waals surface area contributed by atoms with Crippen molar-refractivity contribution in [3.63, 3.8) is 0 Å². The normalized spacial score (nSPS) is 27.2. The van der Waals surface area contributed by atoms with Crippen molar-refractivity contribution in [2.45, 2.75) is 56.4 Å². The van der Waals surface area contributed by atoms with Crippen molar-refractivity contribution in [1.29, 1.82) is 0 Å². The van der Waals surface area contributed by atoms with Crippen LogP contribution < -0.4 is 0 Å². The van der Waals surface area contributed by atoms with Gasteiger partial charge in [0.2, 0.25) is 0 Å². The molecule has 2 saturated heterocycles. The van der Waals surface area contributed by atoms with E-state index >= 15 is 0 Å². The molecule has 2 aromatic rings. The first-order valence-corrected chi connectivity index (χ1v) is 13.0. The molecule has 0 amide bonds. The quantitative estimate of drug-likeness (QED) is 0.433. The molecule has 5 atom stereocenters. The third-order valence-electron chi connectivity index (χ3n) is 5.54. The largest absolute Gasteiger partial charge is 0.459 e. The van der Waals surface area contributed by atoms with Crippen molar-refractivity contribution in [1.82, 2.24) is 0 Å². The molecule has 2 heterocycles. The Balaban J connectivity index is 1.51. The van der Waals surface area contributed by atoms with Gasteiger partial charge in [-0.1, -0.05) is 30.1 Å². The Kier molecular flexibility index (Phi) is 8.30. The maximum Gasteiger partial charge on any atom is 0.338 e. The molecule has 0 bridgehead atoms. The van der Waals surface area contributed by atoms with Gasteiger partial charge in [-0.15, -0.1) is 11.8 Å². The molecule has 2 aliphatic rings. The van der Waals surface area contributed by atoms with Crippen LogP contribution in [0.4, 0.5) is 0 Å². The van der Waals surface area contributed by atoms with Crippen LogP contribution in [0.15, 0.2) is 48.5 Å². The third-order valence-corrected chi connectivity index (χ3v) is 7.09. The van der Waals surface area contributed by atoms with Gasteiger partial charge in [0.05, 0.1) is 11.1 Å². The molecule has 2 aliphatic heterocycles. The summed E-state index contributed by atoms with van der Waals surface area (Å²) >= 11 is 13.3. The molecule has 2 fully saturated rings. The van der Waals surface area contributed by atoms with Gasteiger partial charge in [-0.25, -0.2) is 9.59 Å². The number of benzene rings is 2. The zero-order chi connectivity index (χ0) is 25.2. The molecule has 0 aromatic heterocycles. The number of fused-ring (bicyclic) bond motifs is 1. The fourth-order valence-corrected chi connectivity index (χ4v) is 5.20. The van der Waals surface area contributed by atoms with Crippen LogP contribution >= 0.6 is 35.0 Å². The Labute approximate surface area is 218 Å². The Bertz CT molecular complexity index is 1040. The maximum atomic E-state index is 12.9. The second kappa shape index (κ2) is 11.1. The number of carbonyl (C=O) groups is 2. The average molecular weight is 541 g/mol. The lowest BCUT2D eigenvalue weighted by Crippen LogP contribution is -2.58. The first-order valence-electron chi connectivity index (χ1n) is 11.2. The van der Waals surface area contributed by atoms with E-state index in [-0.39, 0.29) is 6.61 Å². The Hall–Kier alpha value is -1.81. The van der Waals surface area contributed by atoms with Gasteiger partial charge >= 0.3 is 11.9 Å². The molecule has 0 radical (unpaired) electrons. The van der Waals surface area contributed by atoms with Crippen molar-refractivity contribution < 1.29 is 33.3 Å². The van der Waals surface area contributed by atoms with Gasteiger partial charge < -0.3 is 23.7 Å². The Morgan fingerprint density at radius 2 is 1.46 bits per heavy atom. The number of halogens is 2. The molecule has 10 heteroatoms. The lowest BCUT2D eigenvalue weighted by Gasteiger charge is -2.41. The second-order valence-corrected chi connectivity index (χ2v) is 10.8. The highest BCUT2D eigenvalue weighted by atomic mass is 35.5. The predicted octanol–water partition coefficient (Wildman–Crippen LogP) is 5.37. The minimum Gasteiger partial charge on any atom is -0.459 e. The summed E-state index contributed by atoms with van der Waals surface area (Å²) in [6, 6.07) is 12.9. The van der Waals surface area contributed by atoms with Gasteiger partial charge in [-0.3, -0.25) is 0 Å². The smallest absolute Gasteiger partial charge is 0.338 e. The van der Waals surface area contributed by atoms with Gasteiger partial charge in [0.1, 0.15) is 30.4 Å². The minimum absolute atomic E-state index is 0.0549. The molecular formula is C25H26Cl2O7S. The minimum atomic E-state index is -0.937. The summed E-state index contributed by atoms with van der Waals surface area (Å²) in [4.78, 5) is 25.4. The van der Waals surface area contributed by atoms with Crippen LogP contribution in [0.5, 0.6) is 0 Å². The molecule has 2 aromatic carbocycles. The summed E-state index contributed by atoms with van der Waals surface area (Å²) in [6.45, 7) is 5.48.